The van der Waals surface area contributed by atoms with Crippen LogP contribution in [0.1, 0.15) is 30.9 Å². The molecule has 2 aromatic rings. The molecule has 0 bridgehead atoms. The van der Waals surface area contributed by atoms with E-state index in [0.29, 0.717) is 6.04 Å². The molecule has 1 aromatic heterocycles. The lowest BCUT2D eigenvalue weighted by Gasteiger charge is -2.16. The average molecular weight is 284 g/mol. The second kappa shape index (κ2) is 4.80. The number of aromatic nitrogens is 4. The Kier molecular flexibility index (Phi) is 2.92. The van der Waals surface area contributed by atoms with Crippen LogP contribution in [0.15, 0.2) is 18.2 Å². The molecule has 1 aliphatic carbocycles. The SMILES string of the molecule is Cc1cccc(-c2nnnn2C2CCN(C3CC3)C2)c1N. The normalized spacial score (nSPS) is 22.8. The first kappa shape index (κ1) is 12.8. The zero-order chi connectivity index (χ0) is 14.4. The highest BCUT2D eigenvalue weighted by Gasteiger charge is 2.36. The summed E-state index contributed by atoms with van der Waals surface area (Å²) in [6.07, 6.45) is 3.81. The largest absolute Gasteiger partial charge is 0.398 e. The first-order chi connectivity index (χ1) is 10.2. The second-order valence-electron chi connectivity index (χ2n) is 6.15. The lowest BCUT2D eigenvalue weighted by molar-refractivity contribution is 0.309. The number of anilines is 1. The van der Waals surface area contributed by atoms with Gasteiger partial charge in [-0.25, -0.2) is 4.68 Å². The summed E-state index contributed by atoms with van der Waals surface area (Å²) in [7, 11) is 0. The minimum atomic E-state index is 0.357. The number of tetrazole rings is 1. The van der Waals surface area contributed by atoms with Gasteiger partial charge in [-0.15, -0.1) is 5.10 Å². The topological polar surface area (TPSA) is 72.9 Å². The number of nitrogen functional groups attached to an aromatic ring is 1. The zero-order valence-corrected chi connectivity index (χ0v) is 12.2. The summed E-state index contributed by atoms with van der Waals surface area (Å²) < 4.78 is 1.97. The van der Waals surface area contributed by atoms with Gasteiger partial charge in [-0.05, 0) is 48.2 Å². The lowest BCUT2D eigenvalue weighted by Crippen LogP contribution is -2.24. The van der Waals surface area contributed by atoms with Crippen LogP contribution in [0.2, 0.25) is 0 Å². The number of benzene rings is 1. The highest BCUT2D eigenvalue weighted by Crippen LogP contribution is 2.35. The number of nitrogens with zero attached hydrogens (tertiary/aromatic N) is 5. The van der Waals surface area contributed by atoms with E-state index >= 15 is 0 Å². The average Bonchev–Trinajstić information content (AvgIpc) is 3.02. The minimum absolute atomic E-state index is 0.357. The van der Waals surface area contributed by atoms with Crippen LogP contribution in [0.4, 0.5) is 5.69 Å². The zero-order valence-electron chi connectivity index (χ0n) is 12.2. The van der Waals surface area contributed by atoms with Gasteiger partial charge in [0.1, 0.15) is 0 Å². The third kappa shape index (κ3) is 2.19. The lowest BCUT2D eigenvalue weighted by atomic mass is 10.1. The van der Waals surface area contributed by atoms with Gasteiger partial charge in [0, 0.05) is 30.4 Å². The van der Waals surface area contributed by atoms with Crippen LogP contribution in [-0.4, -0.2) is 44.2 Å². The summed E-state index contributed by atoms with van der Waals surface area (Å²) in [5, 5.41) is 12.3. The molecule has 0 amide bonds. The van der Waals surface area contributed by atoms with Gasteiger partial charge in [0.2, 0.25) is 0 Å². The Morgan fingerprint density at radius 1 is 1.19 bits per heavy atom. The molecule has 0 radical (unpaired) electrons. The maximum Gasteiger partial charge on any atom is 0.184 e. The van der Waals surface area contributed by atoms with Crippen LogP contribution in [0.25, 0.3) is 11.4 Å². The number of para-hydroxylation sites is 1. The Morgan fingerprint density at radius 3 is 2.86 bits per heavy atom. The molecule has 1 saturated heterocycles. The fourth-order valence-electron chi connectivity index (χ4n) is 3.23. The molecule has 0 spiro atoms. The van der Waals surface area contributed by atoms with Crippen LogP contribution in [0, 0.1) is 6.92 Å². The number of aryl methyl sites for hydroxylation is 1. The molecule has 1 aromatic carbocycles. The van der Waals surface area contributed by atoms with Gasteiger partial charge >= 0.3 is 0 Å². The van der Waals surface area contributed by atoms with Crippen molar-refractivity contribution in [3.63, 3.8) is 0 Å². The van der Waals surface area contributed by atoms with Crippen molar-refractivity contribution in [1.82, 2.24) is 25.1 Å². The van der Waals surface area contributed by atoms with Gasteiger partial charge in [0.25, 0.3) is 0 Å². The molecule has 1 atom stereocenters. The van der Waals surface area contributed by atoms with Gasteiger partial charge in [-0.1, -0.05) is 12.1 Å². The summed E-state index contributed by atoms with van der Waals surface area (Å²) in [4.78, 5) is 2.57. The van der Waals surface area contributed by atoms with Crippen molar-refractivity contribution in [3.05, 3.63) is 23.8 Å². The number of hydrogen-bond donors (Lipinski definition) is 1. The van der Waals surface area contributed by atoms with Crippen LogP contribution >= 0.6 is 0 Å². The summed E-state index contributed by atoms with van der Waals surface area (Å²) in [6.45, 7) is 4.21. The summed E-state index contributed by atoms with van der Waals surface area (Å²) >= 11 is 0. The van der Waals surface area contributed by atoms with E-state index in [9.17, 15) is 0 Å². The van der Waals surface area contributed by atoms with Crippen molar-refractivity contribution >= 4 is 5.69 Å². The van der Waals surface area contributed by atoms with Gasteiger partial charge in [-0.3, -0.25) is 4.90 Å². The van der Waals surface area contributed by atoms with Crippen molar-refractivity contribution in [2.24, 2.45) is 0 Å². The van der Waals surface area contributed by atoms with Crippen molar-refractivity contribution in [3.8, 4) is 11.4 Å². The Balaban J connectivity index is 1.66. The number of nitrogens with two attached hydrogens (primary N) is 1. The minimum Gasteiger partial charge on any atom is -0.398 e. The van der Waals surface area contributed by atoms with E-state index in [2.05, 4.69) is 20.4 Å². The molecule has 2 heterocycles. The van der Waals surface area contributed by atoms with Crippen molar-refractivity contribution in [1.29, 1.82) is 0 Å². The molecule has 2 fully saturated rings. The first-order valence-electron chi connectivity index (χ1n) is 7.61. The van der Waals surface area contributed by atoms with Gasteiger partial charge < -0.3 is 5.73 Å². The van der Waals surface area contributed by atoms with Crippen LogP contribution in [0.3, 0.4) is 0 Å². The summed E-state index contributed by atoms with van der Waals surface area (Å²) in [5.41, 5.74) is 8.97. The van der Waals surface area contributed by atoms with E-state index in [0.717, 1.165) is 48.2 Å². The van der Waals surface area contributed by atoms with E-state index < -0.39 is 0 Å². The number of likely N-dealkylation sites (tertiary alicyclic amines) is 1. The third-order valence-corrected chi connectivity index (χ3v) is 4.66. The summed E-state index contributed by atoms with van der Waals surface area (Å²) in [5.74, 6) is 0.791. The number of rotatable bonds is 3. The fraction of sp³-hybridized carbons (Fsp3) is 0.533. The van der Waals surface area contributed by atoms with E-state index in [1.165, 1.54) is 12.8 Å². The summed E-state index contributed by atoms with van der Waals surface area (Å²) in [6, 6.07) is 7.18. The molecule has 110 valence electrons. The molecule has 6 nitrogen and oxygen atoms in total. The molecule has 6 heteroatoms. The molecular weight excluding hydrogens is 264 g/mol. The van der Waals surface area contributed by atoms with Crippen molar-refractivity contribution in [2.75, 3.05) is 18.8 Å². The molecule has 21 heavy (non-hydrogen) atoms. The third-order valence-electron chi connectivity index (χ3n) is 4.66. The molecular formula is C15H20N6. The van der Waals surface area contributed by atoms with E-state index in [-0.39, 0.29) is 0 Å². The molecule has 4 rings (SSSR count). The Bertz CT molecular complexity index is 660. The predicted molar refractivity (Wildman–Crippen MR) is 80.7 cm³/mol. The standard InChI is InChI=1S/C15H20N6/c1-10-3-2-4-13(14(10)16)15-17-18-19-21(15)12-7-8-20(9-12)11-5-6-11/h2-4,11-12H,5-9,16H2,1H3. The van der Waals surface area contributed by atoms with E-state index in [1.807, 2.05) is 29.8 Å². The van der Waals surface area contributed by atoms with Gasteiger partial charge in [0.15, 0.2) is 5.82 Å². The Labute approximate surface area is 123 Å². The number of hydrogen-bond acceptors (Lipinski definition) is 5. The van der Waals surface area contributed by atoms with E-state index in [4.69, 9.17) is 5.73 Å². The molecule has 2 N–H and O–H groups in total. The van der Waals surface area contributed by atoms with Gasteiger partial charge in [-0.2, -0.15) is 0 Å². The fourth-order valence-corrected chi connectivity index (χ4v) is 3.23. The van der Waals surface area contributed by atoms with Crippen LogP contribution in [-0.2, 0) is 0 Å². The molecule has 1 unspecified atom stereocenters. The maximum atomic E-state index is 6.21. The quantitative estimate of drug-likeness (QED) is 0.867. The Morgan fingerprint density at radius 2 is 2.05 bits per heavy atom. The van der Waals surface area contributed by atoms with Crippen molar-refractivity contribution in [2.45, 2.75) is 38.3 Å². The highest BCUT2D eigenvalue weighted by atomic mass is 15.6. The van der Waals surface area contributed by atoms with Crippen LogP contribution < -0.4 is 5.73 Å². The Hall–Kier alpha value is -1.95. The molecule has 1 aliphatic heterocycles. The van der Waals surface area contributed by atoms with E-state index in [1.54, 1.807) is 0 Å². The smallest absolute Gasteiger partial charge is 0.184 e. The van der Waals surface area contributed by atoms with Crippen molar-refractivity contribution < 1.29 is 0 Å². The molecule has 2 aliphatic rings. The maximum absolute atomic E-state index is 6.21. The first-order valence-corrected chi connectivity index (χ1v) is 7.61. The monoisotopic (exact) mass is 284 g/mol. The predicted octanol–water partition coefficient (Wildman–Crippen LogP) is 1.64. The highest BCUT2D eigenvalue weighted by molar-refractivity contribution is 5.74. The molecule has 1 saturated carbocycles. The van der Waals surface area contributed by atoms with Gasteiger partial charge in [0.05, 0.1) is 6.04 Å². The van der Waals surface area contributed by atoms with Crippen LogP contribution in [0.5, 0.6) is 0 Å². The second-order valence-corrected chi connectivity index (χ2v) is 6.15.